The molecular formula is C67H45NO. The molecule has 1 aliphatic carbocycles. The van der Waals surface area contributed by atoms with Crippen LogP contribution in [0.15, 0.2) is 277 Å². The van der Waals surface area contributed by atoms with E-state index in [0.717, 1.165) is 66.8 Å². The molecule has 0 spiro atoms. The minimum absolute atomic E-state index is 0.473. The van der Waals surface area contributed by atoms with E-state index in [9.17, 15) is 0 Å². The third kappa shape index (κ3) is 6.64. The average Bonchev–Trinajstić information content (AvgIpc) is 3.96. The van der Waals surface area contributed by atoms with E-state index in [1.807, 2.05) is 12.1 Å². The quantitative estimate of drug-likeness (QED) is 0.144. The summed E-state index contributed by atoms with van der Waals surface area (Å²) in [6.07, 6.45) is 0. The van der Waals surface area contributed by atoms with E-state index < -0.39 is 5.41 Å². The molecule has 2 nitrogen and oxygen atoms in total. The predicted octanol–water partition coefficient (Wildman–Crippen LogP) is 18.1. The van der Waals surface area contributed by atoms with Crippen LogP contribution in [0.4, 0.5) is 17.1 Å². The lowest BCUT2D eigenvalue weighted by Gasteiger charge is -2.34. The Labute approximate surface area is 402 Å². The molecule has 0 aliphatic heterocycles. The van der Waals surface area contributed by atoms with Crippen LogP contribution in [0.3, 0.4) is 0 Å². The van der Waals surface area contributed by atoms with E-state index in [1.165, 1.54) is 50.1 Å². The van der Waals surface area contributed by atoms with Gasteiger partial charge in [-0.2, -0.15) is 0 Å². The first kappa shape index (κ1) is 40.3. The largest absolute Gasteiger partial charge is 0.456 e. The van der Waals surface area contributed by atoms with Gasteiger partial charge in [-0.05, 0) is 109 Å². The Balaban J connectivity index is 0.985. The summed E-state index contributed by atoms with van der Waals surface area (Å²) in [7, 11) is 0. The standard InChI is InChI=1S/C67H45NO/c1-4-19-46(20-5-1)47-35-37-48(38-36-47)54-25-11-15-32-62(54)68(63-33-16-12-26-55(63)50-41-44-65-59(45-50)57-27-13-17-34-64(57)69-65)53-42-39-49(40-43-53)56-29-18-31-61-66(56)58-28-10-14-30-60(58)67(61,51-21-6-2-7-22-51)52-23-8-3-9-24-52/h1-45H. The molecule has 0 bridgehead atoms. The Hall–Kier alpha value is -8.98. The zero-order valence-corrected chi connectivity index (χ0v) is 37.8. The summed E-state index contributed by atoms with van der Waals surface area (Å²) in [6, 6.07) is 99.3. The second-order valence-electron chi connectivity index (χ2n) is 17.9. The van der Waals surface area contributed by atoms with Crippen molar-refractivity contribution in [3.63, 3.8) is 0 Å². The molecule has 12 aromatic rings. The summed E-state index contributed by atoms with van der Waals surface area (Å²) in [6.45, 7) is 0. The van der Waals surface area contributed by atoms with E-state index >= 15 is 0 Å². The van der Waals surface area contributed by atoms with Gasteiger partial charge in [0.1, 0.15) is 11.2 Å². The summed E-state index contributed by atoms with van der Waals surface area (Å²) in [4.78, 5) is 2.44. The number of benzene rings is 11. The maximum absolute atomic E-state index is 6.30. The van der Waals surface area contributed by atoms with Crippen molar-refractivity contribution in [3.05, 3.63) is 295 Å². The molecule has 0 atom stereocenters. The number of hydrogen-bond donors (Lipinski definition) is 0. The zero-order valence-electron chi connectivity index (χ0n) is 37.8. The maximum atomic E-state index is 6.30. The van der Waals surface area contributed by atoms with Crippen LogP contribution in [0.25, 0.3) is 77.6 Å². The summed E-state index contributed by atoms with van der Waals surface area (Å²) in [5.74, 6) is 0. The van der Waals surface area contributed by atoms with Crippen molar-refractivity contribution >= 4 is 39.0 Å². The smallest absolute Gasteiger partial charge is 0.135 e. The fraction of sp³-hybridized carbons (Fsp3) is 0.0149. The Morgan fingerprint density at radius 1 is 0.290 bits per heavy atom. The molecule has 1 heterocycles. The van der Waals surface area contributed by atoms with Crippen LogP contribution in [-0.4, -0.2) is 0 Å². The first-order valence-electron chi connectivity index (χ1n) is 23.7. The normalized spacial score (nSPS) is 12.5. The third-order valence-electron chi connectivity index (χ3n) is 14.2. The molecule has 0 unspecified atom stereocenters. The lowest BCUT2D eigenvalue weighted by molar-refractivity contribution is 0.669. The Kier molecular flexibility index (Phi) is 9.77. The van der Waals surface area contributed by atoms with Gasteiger partial charge in [0, 0.05) is 27.6 Å². The van der Waals surface area contributed by atoms with E-state index in [1.54, 1.807) is 0 Å². The number of fused-ring (bicyclic) bond motifs is 6. The van der Waals surface area contributed by atoms with Gasteiger partial charge in [-0.3, -0.25) is 0 Å². The van der Waals surface area contributed by atoms with Crippen LogP contribution < -0.4 is 4.90 Å². The molecule has 11 aromatic carbocycles. The Bertz CT molecular complexity index is 3780. The van der Waals surface area contributed by atoms with Crippen LogP contribution in [0.5, 0.6) is 0 Å². The van der Waals surface area contributed by atoms with Crippen molar-refractivity contribution in [3.8, 4) is 55.6 Å². The van der Waals surface area contributed by atoms with Crippen molar-refractivity contribution in [1.82, 2.24) is 0 Å². The fourth-order valence-corrected chi connectivity index (χ4v) is 11.1. The van der Waals surface area contributed by atoms with Crippen molar-refractivity contribution < 1.29 is 4.42 Å². The molecule has 13 rings (SSSR count). The topological polar surface area (TPSA) is 16.4 Å². The van der Waals surface area contributed by atoms with Gasteiger partial charge < -0.3 is 9.32 Å². The maximum Gasteiger partial charge on any atom is 0.135 e. The van der Waals surface area contributed by atoms with E-state index in [-0.39, 0.29) is 0 Å². The molecule has 0 fully saturated rings. The second-order valence-corrected chi connectivity index (χ2v) is 17.9. The van der Waals surface area contributed by atoms with E-state index in [2.05, 4.69) is 266 Å². The van der Waals surface area contributed by atoms with Gasteiger partial charge >= 0.3 is 0 Å². The molecule has 0 saturated heterocycles. The van der Waals surface area contributed by atoms with Crippen molar-refractivity contribution in [2.45, 2.75) is 5.41 Å². The minimum atomic E-state index is -0.473. The molecule has 0 N–H and O–H groups in total. The number of anilines is 3. The molecular weight excluding hydrogens is 835 g/mol. The first-order valence-corrected chi connectivity index (χ1v) is 23.7. The van der Waals surface area contributed by atoms with Crippen molar-refractivity contribution in [1.29, 1.82) is 0 Å². The molecule has 324 valence electrons. The number of para-hydroxylation sites is 3. The average molecular weight is 880 g/mol. The molecule has 1 aliphatic rings. The molecule has 2 heteroatoms. The van der Waals surface area contributed by atoms with Crippen LogP contribution >= 0.6 is 0 Å². The SMILES string of the molecule is c1ccc(-c2ccc(-c3ccccc3N(c3ccc(-c4cccc5c4-c4ccccc4C5(c4ccccc4)c4ccccc4)cc3)c3ccccc3-c3ccc4oc5ccccc5c4c3)cc2)cc1. The molecule has 0 radical (unpaired) electrons. The Morgan fingerprint density at radius 2 is 0.754 bits per heavy atom. The van der Waals surface area contributed by atoms with Gasteiger partial charge in [-0.25, -0.2) is 0 Å². The highest BCUT2D eigenvalue weighted by Crippen LogP contribution is 2.58. The Morgan fingerprint density at radius 3 is 1.45 bits per heavy atom. The molecule has 0 saturated carbocycles. The van der Waals surface area contributed by atoms with Gasteiger partial charge in [0.25, 0.3) is 0 Å². The monoisotopic (exact) mass is 879 g/mol. The van der Waals surface area contributed by atoms with Crippen molar-refractivity contribution in [2.75, 3.05) is 4.90 Å². The van der Waals surface area contributed by atoms with Crippen LogP contribution in [0.2, 0.25) is 0 Å². The van der Waals surface area contributed by atoms with Crippen LogP contribution in [-0.2, 0) is 5.41 Å². The molecule has 1 aromatic heterocycles. The van der Waals surface area contributed by atoms with Gasteiger partial charge in [0.2, 0.25) is 0 Å². The fourth-order valence-electron chi connectivity index (χ4n) is 11.1. The lowest BCUT2D eigenvalue weighted by atomic mass is 9.67. The van der Waals surface area contributed by atoms with Gasteiger partial charge in [-0.1, -0.05) is 231 Å². The highest BCUT2D eigenvalue weighted by atomic mass is 16.3. The summed E-state index contributed by atoms with van der Waals surface area (Å²) < 4.78 is 6.30. The minimum Gasteiger partial charge on any atom is -0.456 e. The third-order valence-corrected chi connectivity index (χ3v) is 14.2. The van der Waals surface area contributed by atoms with E-state index in [4.69, 9.17) is 4.42 Å². The highest BCUT2D eigenvalue weighted by molar-refractivity contribution is 6.07. The van der Waals surface area contributed by atoms with Gasteiger partial charge in [0.15, 0.2) is 0 Å². The lowest BCUT2D eigenvalue weighted by Crippen LogP contribution is -2.28. The number of nitrogens with zero attached hydrogens (tertiary/aromatic N) is 1. The van der Waals surface area contributed by atoms with E-state index in [0.29, 0.717) is 0 Å². The zero-order chi connectivity index (χ0) is 45.7. The highest BCUT2D eigenvalue weighted by Gasteiger charge is 2.46. The number of hydrogen-bond acceptors (Lipinski definition) is 2. The second kappa shape index (κ2) is 16.7. The van der Waals surface area contributed by atoms with Gasteiger partial charge in [-0.15, -0.1) is 0 Å². The molecule has 0 amide bonds. The first-order chi connectivity index (χ1) is 34.2. The number of furan rings is 1. The van der Waals surface area contributed by atoms with Crippen LogP contribution in [0.1, 0.15) is 22.3 Å². The number of rotatable bonds is 9. The summed E-state index contributed by atoms with van der Waals surface area (Å²) in [5.41, 5.74) is 21.5. The summed E-state index contributed by atoms with van der Waals surface area (Å²) >= 11 is 0. The molecule has 69 heavy (non-hydrogen) atoms. The van der Waals surface area contributed by atoms with Gasteiger partial charge in [0.05, 0.1) is 16.8 Å². The predicted molar refractivity (Wildman–Crippen MR) is 287 cm³/mol. The van der Waals surface area contributed by atoms with Crippen LogP contribution in [0, 0.1) is 0 Å². The van der Waals surface area contributed by atoms with Crippen molar-refractivity contribution in [2.24, 2.45) is 0 Å². The summed E-state index contributed by atoms with van der Waals surface area (Å²) in [5, 5.41) is 2.22.